The topological polar surface area (TPSA) is 29.1 Å². The number of fused-ring (bicyclic) bond motifs is 2. The van der Waals surface area contributed by atoms with E-state index in [4.69, 9.17) is 23.2 Å². The molecule has 21 heavy (non-hydrogen) atoms. The van der Waals surface area contributed by atoms with E-state index >= 15 is 0 Å². The fraction of sp³-hybridized carbons (Fsp3) is 0.133. The number of thiophene rings is 2. The third kappa shape index (κ3) is 2.27. The van der Waals surface area contributed by atoms with Gasteiger partial charge in [-0.3, -0.25) is 4.79 Å². The summed E-state index contributed by atoms with van der Waals surface area (Å²) in [6, 6.07) is 7.96. The van der Waals surface area contributed by atoms with Crippen LogP contribution in [0.3, 0.4) is 0 Å². The molecule has 1 aliphatic heterocycles. The minimum Gasteiger partial charge on any atom is -0.325 e. The summed E-state index contributed by atoms with van der Waals surface area (Å²) in [5.74, 6) is 0.000904. The zero-order valence-corrected chi connectivity index (χ0v) is 13.8. The fourth-order valence-electron chi connectivity index (χ4n) is 2.52. The minimum absolute atomic E-state index is 0.000904. The Morgan fingerprint density at radius 3 is 2.90 bits per heavy atom. The maximum Gasteiger partial charge on any atom is 0.228 e. The standard InChI is InChI=1S/C15H9Cl2NOS2/c16-9-5-10-7(4-14(19)18-10)3-8(9)15(17)13-6-12-11(21-13)1-2-20-12/h1-3,5-6,15H,4H2,(H,18,19). The van der Waals surface area contributed by atoms with Gasteiger partial charge < -0.3 is 5.32 Å². The van der Waals surface area contributed by atoms with Crippen molar-refractivity contribution in [3.63, 3.8) is 0 Å². The summed E-state index contributed by atoms with van der Waals surface area (Å²) in [7, 11) is 0. The average molecular weight is 354 g/mol. The first-order valence-electron chi connectivity index (χ1n) is 6.35. The molecule has 0 spiro atoms. The van der Waals surface area contributed by atoms with Gasteiger partial charge in [0.05, 0.1) is 11.8 Å². The molecule has 106 valence electrons. The molecule has 0 aliphatic carbocycles. The molecule has 0 fully saturated rings. The molecule has 1 unspecified atom stereocenters. The molecular weight excluding hydrogens is 345 g/mol. The van der Waals surface area contributed by atoms with Crippen molar-refractivity contribution in [3.8, 4) is 0 Å². The summed E-state index contributed by atoms with van der Waals surface area (Å²) < 4.78 is 2.49. The van der Waals surface area contributed by atoms with Crippen LogP contribution in [0, 0.1) is 0 Å². The molecule has 0 saturated carbocycles. The maximum absolute atomic E-state index is 11.5. The molecule has 6 heteroatoms. The molecule has 1 N–H and O–H groups in total. The van der Waals surface area contributed by atoms with E-state index in [0.717, 1.165) is 21.7 Å². The largest absolute Gasteiger partial charge is 0.325 e. The van der Waals surface area contributed by atoms with Crippen LogP contribution < -0.4 is 5.32 Å². The third-order valence-corrected chi connectivity index (χ3v) is 6.61. The molecule has 1 aromatic carbocycles. The van der Waals surface area contributed by atoms with Crippen molar-refractivity contribution in [2.45, 2.75) is 11.8 Å². The SMILES string of the molecule is O=C1Cc2cc(C(Cl)c3cc4sccc4s3)c(Cl)cc2N1. The lowest BCUT2D eigenvalue weighted by Gasteiger charge is -2.12. The lowest BCUT2D eigenvalue weighted by molar-refractivity contribution is -0.115. The first kappa shape index (κ1) is 13.6. The average Bonchev–Trinajstić information content (AvgIpc) is 3.09. The van der Waals surface area contributed by atoms with Gasteiger partial charge in [-0.15, -0.1) is 34.3 Å². The van der Waals surface area contributed by atoms with Crippen molar-refractivity contribution in [3.05, 3.63) is 50.7 Å². The van der Waals surface area contributed by atoms with Gasteiger partial charge >= 0.3 is 0 Å². The number of hydrogen-bond acceptors (Lipinski definition) is 3. The molecular formula is C15H9Cl2NOS2. The van der Waals surface area contributed by atoms with E-state index < -0.39 is 0 Å². The Kier molecular flexibility index (Phi) is 3.23. The third-order valence-electron chi connectivity index (χ3n) is 3.53. The van der Waals surface area contributed by atoms with Gasteiger partial charge in [0.25, 0.3) is 0 Å². The van der Waals surface area contributed by atoms with E-state index in [0.29, 0.717) is 11.4 Å². The second kappa shape index (κ2) is 4.99. The first-order valence-corrected chi connectivity index (χ1v) is 8.86. The van der Waals surface area contributed by atoms with Crippen LogP contribution in [0.1, 0.15) is 21.4 Å². The highest BCUT2D eigenvalue weighted by molar-refractivity contribution is 7.27. The number of nitrogens with one attached hydrogen (secondary N) is 1. The van der Waals surface area contributed by atoms with Crippen molar-refractivity contribution in [2.75, 3.05) is 5.32 Å². The van der Waals surface area contributed by atoms with Gasteiger partial charge in [0.1, 0.15) is 0 Å². The maximum atomic E-state index is 11.5. The van der Waals surface area contributed by atoms with Gasteiger partial charge in [0, 0.05) is 25.0 Å². The normalized spacial score (nSPS) is 15.2. The highest BCUT2D eigenvalue weighted by Gasteiger charge is 2.23. The van der Waals surface area contributed by atoms with Crippen LogP contribution in [0.5, 0.6) is 0 Å². The van der Waals surface area contributed by atoms with Crippen molar-refractivity contribution in [1.82, 2.24) is 0 Å². The zero-order chi connectivity index (χ0) is 14.6. The summed E-state index contributed by atoms with van der Waals surface area (Å²) in [4.78, 5) is 12.5. The second-order valence-electron chi connectivity index (χ2n) is 4.92. The highest BCUT2D eigenvalue weighted by Crippen LogP contribution is 2.42. The summed E-state index contributed by atoms with van der Waals surface area (Å²) in [6.45, 7) is 0. The number of halogens is 2. The molecule has 1 amide bonds. The van der Waals surface area contributed by atoms with Crippen LogP contribution in [-0.2, 0) is 11.2 Å². The van der Waals surface area contributed by atoms with E-state index in [2.05, 4.69) is 22.8 Å². The van der Waals surface area contributed by atoms with Gasteiger partial charge in [0.2, 0.25) is 5.91 Å². The van der Waals surface area contributed by atoms with Crippen LogP contribution in [-0.4, -0.2) is 5.91 Å². The molecule has 2 nitrogen and oxygen atoms in total. The van der Waals surface area contributed by atoms with Crippen molar-refractivity contribution in [1.29, 1.82) is 0 Å². The van der Waals surface area contributed by atoms with Crippen LogP contribution in [0.15, 0.2) is 29.6 Å². The molecule has 1 atom stereocenters. The van der Waals surface area contributed by atoms with Gasteiger partial charge in [-0.1, -0.05) is 11.6 Å². The molecule has 4 rings (SSSR count). The molecule has 3 aromatic rings. The highest BCUT2D eigenvalue weighted by atomic mass is 35.5. The molecule has 0 radical (unpaired) electrons. The number of benzene rings is 1. The van der Waals surface area contributed by atoms with Crippen LogP contribution in [0.2, 0.25) is 5.02 Å². The van der Waals surface area contributed by atoms with Crippen molar-refractivity contribution in [2.24, 2.45) is 0 Å². The lowest BCUT2D eigenvalue weighted by Crippen LogP contribution is -2.03. The van der Waals surface area contributed by atoms with E-state index in [1.54, 1.807) is 28.7 Å². The molecule has 0 saturated heterocycles. The second-order valence-corrected chi connectivity index (χ2v) is 7.82. The Bertz CT molecular complexity index is 839. The van der Waals surface area contributed by atoms with Crippen LogP contribution in [0.4, 0.5) is 5.69 Å². The van der Waals surface area contributed by atoms with Gasteiger partial charge in [-0.2, -0.15) is 0 Å². The Morgan fingerprint density at radius 1 is 1.24 bits per heavy atom. The van der Waals surface area contributed by atoms with Crippen LogP contribution >= 0.6 is 45.9 Å². The number of anilines is 1. The Morgan fingerprint density at radius 2 is 2.10 bits per heavy atom. The molecule has 0 bridgehead atoms. The molecule has 2 aromatic heterocycles. The summed E-state index contributed by atoms with van der Waals surface area (Å²) >= 11 is 16.4. The van der Waals surface area contributed by atoms with E-state index in [-0.39, 0.29) is 11.3 Å². The quantitative estimate of drug-likeness (QED) is 0.610. The van der Waals surface area contributed by atoms with Gasteiger partial charge in [-0.05, 0) is 40.8 Å². The van der Waals surface area contributed by atoms with Crippen molar-refractivity contribution >= 4 is 66.9 Å². The fourth-order valence-corrected chi connectivity index (χ4v) is 5.35. The Balaban J connectivity index is 1.77. The summed E-state index contributed by atoms with van der Waals surface area (Å²) in [6.07, 6.45) is 0.392. The molecule has 3 heterocycles. The predicted octanol–water partition coefficient (Wildman–Crippen LogP) is 5.44. The Labute approximate surface area is 139 Å². The number of carbonyl (C=O) groups excluding carboxylic acids is 1. The summed E-state index contributed by atoms with van der Waals surface area (Å²) in [5, 5.41) is 5.18. The number of hydrogen-bond donors (Lipinski definition) is 1. The first-order chi connectivity index (χ1) is 10.1. The van der Waals surface area contributed by atoms with Crippen LogP contribution in [0.25, 0.3) is 9.40 Å². The van der Waals surface area contributed by atoms with Gasteiger partial charge in [-0.25, -0.2) is 0 Å². The summed E-state index contributed by atoms with van der Waals surface area (Å²) in [5.41, 5.74) is 2.62. The number of rotatable bonds is 2. The molecule has 1 aliphatic rings. The lowest BCUT2D eigenvalue weighted by atomic mass is 10.0. The minimum atomic E-state index is -0.289. The number of alkyl halides is 1. The van der Waals surface area contributed by atoms with E-state index in [1.165, 1.54) is 9.40 Å². The monoisotopic (exact) mass is 353 g/mol. The Hall–Kier alpha value is -1.07. The predicted molar refractivity (Wildman–Crippen MR) is 91.2 cm³/mol. The smallest absolute Gasteiger partial charge is 0.228 e. The van der Waals surface area contributed by atoms with Crippen molar-refractivity contribution < 1.29 is 4.79 Å². The van der Waals surface area contributed by atoms with Gasteiger partial charge in [0.15, 0.2) is 0 Å². The van der Waals surface area contributed by atoms with E-state index in [9.17, 15) is 4.79 Å². The van der Waals surface area contributed by atoms with E-state index in [1.807, 2.05) is 6.07 Å². The number of carbonyl (C=O) groups is 1. The number of amides is 1. The zero-order valence-electron chi connectivity index (χ0n) is 10.7.